The Labute approximate surface area is 81.5 Å². The summed E-state index contributed by atoms with van der Waals surface area (Å²) in [4.78, 5) is 0. The highest BCUT2D eigenvalue weighted by Gasteiger charge is 2.53. The Bertz CT molecular complexity index is 182. The average molecular weight is 182 g/mol. The van der Waals surface area contributed by atoms with Crippen molar-refractivity contribution in [1.82, 2.24) is 0 Å². The molecular weight excluding hydrogens is 160 g/mol. The quantitative estimate of drug-likeness (QED) is 0.711. The Kier molecular flexibility index (Phi) is 2.39. The van der Waals surface area contributed by atoms with E-state index in [0.717, 1.165) is 11.8 Å². The SMILES string of the molecule is CC(O)C1(C)CC1CC1CCCC1. The highest BCUT2D eigenvalue weighted by atomic mass is 16.3. The molecule has 0 spiro atoms. The molecule has 0 bridgehead atoms. The number of rotatable bonds is 3. The molecule has 1 heteroatoms. The summed E-state index contributed by atoms with van der Waals surface area (Å²) in [5.74, 6) is 1.82. The molecule has 2 saturated carbocycles. The Hall–Kier alpha value is -0.0400. The van der Waals surface area contributed by atoms with Gasteiger partial charge in [0.2, 0.25) is 0 Å². The predicted octanol–water partition coefficient (Wildman–Crippen LogP) is 2.97. The molecule has 0 aromatic carbocycles. The van der Waals surface area contributed by atoms with Gasteiger partial charge in [-0.05, 0) is 37.0 Å². The third kappa shape index (κ3) is 1.76. The molecule has 0 amide bonds. The van der Waals surface area contributed by atoms with E-state index >= 15 is 0 Å². The van der Waals surface area contributed by atoms with Crippen LogP contribution in [0.3, 0.4) is 0 Å². The van der Waals surface area contributed by atoms with Gasteiger partial charge in [0.1, 0.15) is 0 Å². The van der Waals surface area contributed by atoms with Crippen molar-refractivity contribution in [3.8, 4) is 0 Å². The Morgan fingerprint density at radius 2 is 2.00 bits per heavy atom. The predicted molar refractivity (Wildman–Crippen MR) is 54.5 cm³/mol. The van der Waals surface area contributed by atoms with Crippen molar-refractivity contribution in [3.63, 3.8) is 0 Å². The standard InChI is InChI=1S/C12H22O/c1-9(13)12(2)8-11(12)7-10-5-3-4-6-10/h9-11,13H,3-8H2,1-2H3. The molecule has 3 atom stereocenters. The van der Waals surface area contributed by atoms with Gasteiger partial charge >= 0.3 is 0 Å². The van der Waals surface area contributed by atoms with E-state index in [4.69, 9.17) is 0 Å². The minimum Gasteiger partial charge on any atom is -0.393 e. The fourth-order valence-corrected chi connectivity index (χ4v) is 2.98. The summed E-state index contributed by atoms with van der Waals surface area (Å²) in [7, 11) is 0. The molecule has 76 valence electrons. The maximum atomic E-state index is 9.60. The Morgan fingerprint density at radius 3 is 2.46 bits per heavy atom. The summed E-state index contributed by atoms with van der Waals surface area (Å²) in [6.07, 6.45) is 8.35. The average Bonchev–Trinajstić information content (AvgIpc) is 2.53. The van der Waals surface area contributed by atoms with E-state index in [1.807, 2.05) is 6.92 Å². The molecule has 2 aliphatic carbocycles. The van der Waals surface area contributed by atoms with Crippen LogP contribution in [0.15, 0.2) is 0 Å². The molecule has 13 heavy (non-hydrogen) atoms. The van der Waals surface area contributed by atoms with Crippen LogP contribution in [-0.2, 0) is 0 Å². The number of aliphatic hydroxyl groups is 1. The van der Waals surface area contributed by atoms with Crippen molar-refractivity contribution < 1.29 is 5.11 Å². The molecule has 1 N–H and O–H groups in total. The van der Waals surface area contributed by atoms with Gasteiger partial charge in [-0.2, -0.15) is 0 Å². The first kappa shape index (κ1) is 9.51. The van der Waals surface area contributed by atoms with Gasteiger partial charge < -0.3 is 5.11 Å². The summed E-state index contributed by atoms with van der Waals surface area (Å²) >= 11 is 0. The topological polar surface area (TPSA) is 20.2 Å². The first-order chi connectivity index (χ1) is 6.13. The zero-order chi connectivity index (χ0) is 9.47. The third-order valence-corrected chi connectivity index (χ3v) is 4.51. The van der Waals surface area contributed by atoms with E-state index in [1.54, 1.807) is 0 Å². The van der Waals surface area contributed by atoms with Crippen molar-refractivity contribution in [2.75, 3.05) is 0 Å². The number of aliphatic hydroxyl groups excluding tert-OH is 1. The minimum atomic E-state index is -0.0982. The number of hydrogen-bond acceptors (Lipinski definition) is 1. The van der Waals surface area contributed by atoms with Crippen molar-refractivity contribution in [2.45, 2.75) is 58.5 Å². The van der Waals surface area contributed by atoms with Crippen LogP contribution < -0.4 is 0 Å². The molecule has 0 aromatic rings. The first-order valence-electron chi connectivity index (χ1n) is 5.81. The first-order valence-corrected chi connectivity index (χ1v) is 5.81. The van der Waals surface area contributed by atoms with Gasteiger partial charge in [0.15, 0.2) is 0 Å². The van der Waals surface area contributed by atoms with E-state index in [-0.39, 0.29) is 11.5 Å². The summed E-state index contributed by atoms with van der Waals surface area (Å²) in [6.45, 7) is 4.20. The molecule has 0 aromatic heterocycles. The van der Waals surface area contributed by atoms with Crippen LogP contribution in [0, 0.1) is 17.3 Å². The lowest BCUT2D eigenvalue weighted by Crippen LogP contribution is -2.17. The Balaban J connectivity index is 1.79. The van der Waals surface area contributed by atoms with Gasteiger partial charge in [-0.3, -0.25) is 0 Å². The van der Waals surface area contributed by atoms with E-state index < -0.39 is 0 Å². The summed E-state index contributed by atoms with van der Waals surface area (Å²) in [5.41, 5.74) is 0.280. The molecule has 0 radical (unpaired) electrons. The van der Waals surface area contributed by atoms with Crippen molar-refractivity contribution in [1.29, 1.82) is 0 Å². The van der Waals surface area contributed by atoms with Gasteiger partial charge in [0, 0.05) is 0 Å². The van der Waals surface area contributed by atoms with Crippen LogP contribution in [0.25, 0.3) is 0 Å². The van der Waals surface area contributed by atoms with Gasteiger partial charge in [0.05, 0.1) is 6.10 Å². The fraction of sp³-hybridized carbons (Fsp3) is 1.00. The molecule has 0 heterocycles. The molecule has 1 nitrogen and oxygen atoms in total. The van der Waals surface area contributed by atoms with Crippen molar-refractivity contribution in [2.24, 2.45) is 17.3 Å². The van der Waals surface area contributed by atoms with Gasteiger partial charge in [0.25, 0.3) is 0 Å². The summed E-state index contributed by atoms with van der Waals surface area (Å²) in [5, 5.41) is 9.60. The summed E-state index contributed by atoms with van der Waals surface area (Å²) in [6, 6.07) is 0. The van der Waals surface area contributed by atoms with Gasteiger partial charge in [-0.1, -0.05) is 32.6 Å². The second kappa shape index (κ2) is 3.27. The second-order valence-corrected chi connectivity index (χ2v) is 5.47. The molecule has 2 rings (SSSR count). The lowest BCUT2D eigenvalue weighted by atomic mass is 9.93. The van der Waals surface area contributed by atoms with Crippen LogP contribution in [0.2, 0.25) is 0 Å². The highest BCUT2D eigenvalue weighted by Crippen LogP contribution is 2.58. The maximum absolute atomic E-state index is 9.60. The lowest BCUT2D eigenvalue weighted by Gasteiger charge is -2.16. The van der Waals surface area contributed by atoms with E-state index in [9.17, 15) is 5.11 Å². The lowest BCUT2D eigenvalue weighted by molar-refractivity contribution is 0.108. The van der Waals surface area contributed by atoms with Crippen LogP contribution in [-0.4, -0.2) is 11.2 Å². The van der Waals surface area contributed by atoms with E-state index in [0.29, 0.717) is 0 Å². The van der Waals surface area contributed by atoms with Crippen molar-refractivity contribution >= 4 is 0 Å². The smallest absolute Gasteiger partial charge is 0.0568 e. The molecule has 0 saturated heterocycles. The zero-order valence-corrected chi connectivity index (χ0v) is 8.92. The summed E-state index contributed by atoms with van der Waals surface area (Å²) < 4.78 is 0. The van der Waals surface area contributed by atoms with Gasteiger partial charge in [-0.25, -0.2) is 0 Å². The number of hydrogen-bond donors (Lipinski definition) is 1. The highest BCUT2D eigenvalue weighted by molar-refractivity contribution is 5.02. The fourth-order valence-electron chi connectivity index (χ4n) is 2.98. The molecular formula is C12H22O. The maximum Gasteiger partial charge on any atom is 0.0568 e. The monoisotopic (exact) mass is 182 g/mol. The molecule has 3 unspecified atom stereocenters. The Morgan fingerprint density at radius 1 is 1.38 bits per heavy atom. The third-order valence-electron chi connectivity index (χ3n) is 4.51. The van der Waals surface area contributed by atoms with Crippen molar-refractivity contribution in [3.05, 3.63) is 0 Å². The van der Waals surface area contributed by atoms with Gasteiger partial charge in [-0.15, -0.1) is 0 Å². The normalized spacial score (nSPS) is 42.2. The molecule has 2 fully saturated rings. The largest absolute Gasteiger partial charge is 0.393 e. The van der Waals surface area contributed by atoms with E-state index in [1.165, 1.54) is 38.5 Å². The van der Waals surface area contributed by atoms with Crippen LogP contribution in [0.4, 0.5) is 0 Å². The second-order valence-electron chi connectivity index (χ2n) is 5.47. The minimum absolute atomic E-state index is 0.0982. The van der Waals surface area contributed by atoms with Crippen LogP contribution in [0.1, 0.15) is 52.4 Å². The zero-order valence-electron chi connectivity index (χ0n) is 8.92. The van der Waals surface area contributed by atoms with Crippen LogP contribution in [0.5, 0.6) is 0 Å². The molecule has 2 aliphatic rings. The molecule has 0 aliphatic heterocycles. The van der Waals surface area contributed by atoms with Crippen LogP contribution >= 0.6 is 0 Å². The van der Waals surface area contributed by atoms with E-state index in [2.05, 4.69) is 6.92 Å².